The van der Waals surface area contributed by atoms with Gasteiger partial charge < -0.3 is 0 Å². The molecule has 6 heteroatoms. The molecule has 1 heterocycles. The summed E-state index contributed by atoms with van der Waals surface area (Å²) in [6, 6.07) is 14.4. The maximum Gasteiger partial charge on any atom is 0.416 e. The van der Waals surface area contributed by atoms with E-state index in [0.717, 1.165) is 22.2 Å². The van der Waals surface area contributed by atoms with Crippen molar-refractivity contribution in [2.75, 3.05) is 0 Å². The van der Waals surface area contributed by atoms with Crippen LogP contribution in [0.4, 0.5) is 13.2 Å². The monoisotopic (exact) mass is 366 g/mol. The van der Waals surface area contributed by atoms with Crippen LogP contribution in [-0.4, -0.2) is 9.78 Å². The van der Waals surface area contributed by atoms with Gasteiger partial charge in [-0.25, -0.2) is 4.68 Å². The van der Waals surface area contributed by atoms with Crippen molar-refractivity contribution in [3.05, 3.63) is 70.8 Å². The Morgan fingerprint density at radius 2 is 1.73 bits per heavy atom. The molecule has 0 aliphatic heterocycles. The Kier molecular flexibility index (Phi) is 3.78. The highest BCUT2D eigenvalue weighted by Gasteiger charge is 2.30. The molecular formula is C16H10BrF3N2. The quantitative estimate of drug-likeness (QED) is 0.600. The summed E-state index contributed by atoms with van der Waals surface area (Å²) in [5, 5.41) is 4.16. The molecule has 0 amide bonds. The van der Waals surface area contributed by atoms with E-state index in [-0.39, 0.29) is 0 Å². The first kappa shape index (κ1) is 14.8. The smallest absolute Gasteiger partial charge is 0.233 e. The molecule has 0 saturated heterocycles. The van der Waals surface area contributed by atoms with Gasteiger partial charge in [-0.1, -0.05) is 40.2 Å². The Labute approximate surface area is 133 Å². The Hall–Kier alpha value is -2.08. The molecule has 2 nitrogen and oxygen atoms in total. The van der Waals surface area contributed by atoms with Crippen LogP contribution in [0, 0.1) is 0 Å². The average Bonchev–Trinajstić information content (AvgIpc) is 2.96. The fourth-order valence-electron chi connectivity index (χ4n) is 2.20. The second kappa shape index (κ2) is 5.61. The van der Waals surface area contributed by atoms with Gasteiger partial charge in [0.2, 0.25) is 0 Å². The van der Waals surface area contributed by atoms with Crippen molar-refractivity contribution in [2.24, 2.45) is 0 Å². The van der Waals surface area contributed by atoms with Crippen molar-refractivity contribution in [2.45, 2.75) is 6.18 Å². The van der Waals surface area contributed by atoms with Crippen LogP contribution in [-0.2, 0) is 6.18 Å². The lowest BCUT2D eigenvalue weighted by Crippen LogP contribution is -2.07. The largest absolute Gasteiger partial charge is 0.416 e. The summed E-state index contributed by atoms with van der Waals surface area (Å²) < 4.78 is 40.9. The van der Waals surface area contributed by atoms with E-state index < -0.39 is 11.7 Å². The Balaban J connectivity index is 2.12. The van der Waals surface area contributed by atoms with Gasteiger partial charge in [0.25, 0.3) is 0 Å². The Bertz CT molecular complexity index is 809. The number of nitrogens with zero attached hydrogens (tertiary/aromatic N) is 2. The molecule has 0 atom stereocenters. The lowest BCUT2D eigenvalue weighted by molar-refractivity contribution is -0.137. The molecule has 0 radical (unpaired) electrons. The first-order valence-corrected chi connectivity index (χ1v) is 7.23. The van der Waals surface area contributed by atoms with Crippen LogP contribution in [0.5, 0.6) is 0 Å². The summed E-state index contributed by atoms with van der Waals surface area (Å²) in [7, 11) is 0. The van der Waals surface area contributed by atoms with E-state index in [4.69, 9.17) is 0 Å². The normalized spacial score (nSPS) is 11.6. The predicted molar refractivity (Wildman–Crippen MR) is 81.7 cm³/mol. The van der Waals surface area contributed by atoms with Crippen LogP contribution in [0.2, 0.25) is 0 Å². The van der Waals surface area contributed by atoms with Crippen molar-refractivity contribution in [1.29, 1.82) is 0 Å². The topological polar surface area (TPSA) is 17.8 Å². The Morgan fingerprint density at radius 1 is 0.955 bits per heavy atom. The van der Waals surface area contributed by atoms with Crippen LogP contribution >= 0.6 is 15.9 Å². The number of benzene rings is 2. The number of halogens is 4. The maximum atomic E-state index is 12.9. The molecule has 3 rings (SSSR count). The molecular weight excluding hydrogens is 357 g/mol. The van der Waals surface area contributed by atoms with Crippen molar-refractivity contribution < 1.29 is 13.2 Å². The van der Waals surface area contributed by atoms with Gasteiger partial charge in [-0.2, -0.15) is 18.3 Å². The van der Waals surface area contributed by atoms with Crippen molar-refractivity contribution in [3.63, 3.8) is 0 Å². The highest BCUT2D eigenvalue weighted by molar-refractivity contribution is 9.10. The van der Waals surface area contributed by atoms with E-state index in [1.807, 2.05) is 24.3 Å². The molecule has 3 aromatic rings. The molecule has 0 unspecified atom stereocenters. The highest BCUT2D eigenvalue weighted by Crippen LogP contribution is 2.32. The van der Waals surface area contributed by atoms with Gasteiger partial charge in [0.15, 0.2) is 0 Å². The molecule has 0 saturated carbocycles. The summed E-state index contributed by atoms with van der Waals surface area (Å²) in [6.45, 7) is 0. The molecule has 2 aromatic carbocycles. The lowest BCUT2D eigenvalue weighted by Gasteiger charge is -2.12. The summed E-state index contributed by atoms with van der Waals surface area (Å²) in [6.07, 6.45) is -2.81. The van der Waals surface area contributed by atoms with E-state index in [0.29, 0.717) is 11.4 Å². The molecule has 0 bridgehead atoms. The van der Waals surface area contributed by atoms with Crippen LogP contribution < -0.4 is 0 Å². The zero-order valence-corrected chi connectivity index (χ0v) is 12.8. The SMILES string of the molecule is FC(F)(F)c1cccc(-n2nccc2-c2ccccc2Br)c1. The summed E-state index contributed by atoms with van der Waals surface area (Å²) in [4.78, 5) is 0. The number of rotatable bonds is 2. The molecule has 0 spiro atoms. The maximum absolute atomic E-state index is 12.9. The van der Waals surface area contributed by atoms with Crippen LogP contribution in [0.15, 0.2) is 65.3 Å². The number of aromatic nitrogens is 2. The van der Waals surface area contributed by atoms with Gasteiger partial charge in [0.1, 0.15) is 0 Å². The molecule has 0 fully saturated rings. The summed E-state index contributed by atoms with van der Waals surface area (Å²) in [5.74, 6) is 0. The zero-order valence-electron chi connectivity index (χ0n) is 11.2. The van der Waals surface area contributed by atoms with Gasteiger partial charge >= 0.3 is 6.18 Å². The van der Waals surface area contributed by atoms with Crippen LogP contribution in [0.3, 0.4) is 0 Å². The number of alkyl halides is 3. The van der Waals surface area contributed by atoms with E-state index in [1.165, 1.54) is 10.7 Å². The number of hydrogen-bond acceptors (Lipinski definition) is 1. The molecule has 0 aliphatic rings. The zero-order chi connectivity index (χ0) is 15.7. The minimum absolute atomic E-state index is 0.366. The number of hydrogen-bond donors (Lipinski definition) is 0. The second-order valence-corrected chi connectivity index (χ2v) is 5.51. The molecule has 0 N–H and O–H groups in total. The second-order valence-electron chi connectivity index (χ2n) is 4.66. The molecule has 0 aliphatic carbocycles. The van der Waals surface area contributed by atoms with E-state index in [1.54, 1.807) is 18.3 Å². The first-order chi connectivity index (χ1) is 10.5. The lowest BCUT2D eigenvalue weighted by atomic mass is 10.1. The summed E-state index contributed by atoms with van der Waals surface area (Å²) in [5.41, 5.74) is 1.24. The van der Waals surface area contributed by atoms with E-state index >= 15 is 0 Å². The minimum Gasteiger partial charge on any atom is -0.233 e. The van der Waals surface area contributed by atoms with Gasteiger partial charge in [-0.15, -0.1) is 0 Å². The third-order valence-corrected chi connectivity index (χ3v) is 3.90. The van der Waals surface area contributed by atoms with Crippen molar-refractivity contribution in [3.8, 4) is 16.9 Å². The fourth-order valence-corrected chi connectivity index (χ4v) is 2.68. The fraction of sp³-hybridized carbons (Fsp3) is 0.0625. The van der Waals surface area contributed by atoms with Gasteiger partial charge in [0, 0.05) is 10.0 Å². The van der Waals surface area contributed by atoms with Crippen LogP contribution in [0.25, 0.3) is 16.9 Å². The van der Waals surface area contributed by atoms with E-state index in [2.05, 4.69) is 21.0 Å². The third-order valence-electron chi connectivity index (χ3n) is 3.21. The predicted octanol–water partition coefficient (Wildman–Crippen LogP) is 5.32. The average molecular weight is 367 g/mol. The van der Waals surface area contributed by atoms with Gasteiger partial charge in [-0.05, 0) is 30.3 Å². The minimum atomic E-state index is -4.38. The van der Waals surface area contributed by atoms with Gasteiger partial charge in [-0.3, -0.25) is 0 Å². The van der Waals surface area contributed by atoms with Crippen LogP contribution in [0.1, 0.15) is 5.56 Å². The molecule has 22 heavy (non-hydrogen) atoms. The van der Waals surface area contributed by atoms with Crippen molar-refractivity contribution >= 4 is 15.9 Å². The third kappa shape index (κ3) is 2.78. The summed E-state index contributed by atoms with van der Waals surface area (Å²) >= 11 is 3.45. The van der Waals surface area contributed by atoms with Crippen molar-refractivity contribution in [1.82, 2.24) is 9.78 Å². The molecule has 1 aromatic heterocycles. The molecule has 112 valence electrons. The first-order valence-electron chi connectivity index (χ1n) is 6.43. The Morgan fingerprint density at radius 3 is 2.45 bits per heavy atom. The van der Waals surface area contributed by atoms with Gasteiger partial charge in [0.05, 0.1) is 23.1 Å². The van der Waals surface area contributed by atoms with E-state index in [9.17, 15) is 13.2 Å². The standard InChI is InChI=1S/C16H10BrF3N2/c17-14-7-2-1-6-13(14)15-8-9-21-22(15)12-5-3-4-11(10-12)16(18,19)20/h1-10H. The highest BCUT2D eigenvalue weighted by atomic mass is 79.9.